The second-order valence-corrected chi connectivity index (χ2v) is 6.66. The molecule has 4 nitrogen and oxygen atoms in total. The number of benzene rings is 2. The summed E-state index contributed by atoms with van der Waals surface area (Å²) in [5, 5.41) is 2.02. The Morgan fingerprint density at radius 1 is 1.04 bits per heavy atom. The summed E-state index contributed by atoms with van der Waals surface area (Å²) in [5.74, 6) is -0.255. The Morgan fingerprint density at radius 2 is 1.79 bits per heavy atom. The Balaban J connectivity index is 1.85. The SMILES string of the molecule is CCOc1cc2c(cc1OCC)-n1cccc1[C@H](c1cccc(F)c1F)[NH2+]C2. The number of rotatable bonds is 5. The van der Waals surface area contributed by atoms with E-state index < -0.39 is 11.6 Å². The minimum atomic E-state index is -0.831. The monoisotopic (exact) mass is 385 g/mol. The molecule has 1 aromatic heterocycles. The van der Waals surface area contributed by atoms with Gasteiger partial charge in [0.15, 0.2) is 29.2 Å². The third-order valence-electron chi connectivity index (χ3n) is 4.99. The van der Waals surface area contributed by atoms with Gasteiger partial charge in [0.2, 0.25) is 0 Å². The summed E-state index contributed by atoms with van der Waals surface area (Å²) in [5.41, 5.74) is 3.23. The number of quaternary nitrogens is 1. The molecule has 1 aliphatic heterocycles. The molecule has 0 unspecified atom stereocenters. The standard InChI is InChI=1S/C22H22F2N2O2/c1-3-27-19-11-14-13-25-22(15-7-5-8-16(23)21(15)24)17-9-6-10-26(17)18(14)12-20(19)28-4-2/h5-12,22,25H,3-4,13H2,1-2H3/p+1/t22-/m0/s1. The molecular formula is C22H23F2N2O2+. The second kappa shape index (κ2) is 7.64. The molecule has 0 radical (unpaired) electrons. The van der Waals surface area contributed by atoms with E-state index in [2.05, 4.69) is 0 Å². The van der Waals surface area contributed by atoms with Crippen molar-refractivity contribution in [2.75, 3.05) is 13.2 Å². The summed E-state index contributed by atoms with van der Waals surface area (Å²) in [7, 11) is 0. The molecule has 0 saturated carbocycles. The molecule has 2 N–H and O–H groups in total. The van der Waals surface area contributed by atoms with Gasteiger partial charge in [-0.3, -0.25) is 0 Å². The van der Waals surface area contributed by atoms with Crippen molar-refractivity contribution in [2.24, 2.45) is 0 Å². The first-order valence-corrected chi connectivity index (χ1v) is 9.51. The molecule has 2 aromatic carbocycles. The Bertz CT molecular complexity index is 1000. The molecule has 0 spiro atoms. The lowest BCUT2D eigenvalue weighted by molar-refractivity contribution is -0.702. The number of nitrogens with zero attached hydrogens (tertiary/aromatic N) is 1. The predicted molar refractivity (Wildman–Crippen MR) is 102 cm³/mol. The van der Waals surface area contributed by atoms with Gasteiger partial charge in [0, 0.05) is 17.8 Å². The van der Waals surface area contributed by atoms with Gasteiger partial charge in [-0.1, -0.05) is 6.07 Å². The summed E-state index contributed by atoms with van der Waals surface area (Å²) < 4.78 is 41.9. The number of hydrogen-bond acceptors (Lipinski definition) is 2. The second-order valence-electron chi connectivity index (χ2n) is 6.66. The van der Waals surface area contributed by atoms with Crippen molar-refractivity contribution in [2.45, 2.75) is 26.4 Å². The van der Waals surface area contributed by atoms with Crippen LogP contribution in [-0.4, -0.2) is 17.8 Å². The fraction of sp³-hybridized carbons (Fsp3) is 0.273. The number of halogens is 2. The van der Waals surface area contributed by atoms with Gasteiger partial charge in [0.1, 0.15) is 6.54 Å². The Morgan fingerprint density at radius 3 is 2.54 bits per heavy atom. The van der Waals surface area contributed by atoms with Crippen LogP contribution in [0.5, 0.6) is 11.5 Å². The summed E-state index contributed by atoms with van der Waals surface area (Å²) in [6.07, 6.45) is 1.94. The normalized spacial score (nSPS) is 15.5. The van der Waals surface area contributed by atoms with E-state index in [0.717, 1.165) is 23.0 Å². The quantitative estimate of drug-likeness (QED) is 0.727. The van der Waals surface area contributed by atoms with Crippen molar-refractivity contribution in [1.29, 1.82) is 0 Å². The Kier molecular flexibility index (Phi) is 5.05. The van der Waals surface area contributed by atoms with E-state index in [-0.39, 0.29) is 6.04 Å². The van der Waals surface area contributed by atoms with Crippen molar-refractivity contribution < 1.29 is 23.6 Å². The smallest absolute Gasteiger partial charge is 0.168 e. The fourth-order valence-electron chi connectivity index (χ4n) is 3.80. The Labute approximate surface area is 162 Å². The summed E-state index contributed by atoms with van der Waals surface area (Å²) in [6, 6.07) is 11.8. The fourth-order valence-corrected chi connectivity index (χ4v) is 3.80. The van der Waals surface area contributed by atoms with Gasteiger partial charge >= 0.3 is 0 Å². The van der Waals surface area contributed by atoms with Crippen LogP contribution in [0, 0.1) is 11.6 Å². The molecule has 28 heavy (non-hydrogen) atoms. The van der Waals surface area contributed by atoms with Gasteiger partial charge in [-0.15, -0.1) is 0 Å². The van der Waals surface area contributed by atoms with Gasteiger partial charge in [0.25, 0.3) is 0 Å². The summed E-state index contributed by atoms with van der Waals surface area (Å²) >= 11 is 0. The first-order valence-electron chi connectivity index (χ1n) is 9.51. The Hall–Kier alpha value is -2.86. The van der Waals surface area contributed by atoms with Gasteiger partial charge in [-0.05, 0) is 44.2 Å². The van der Waals surface area contributed by atoms with Gasteiger partial charge in [-0.2, -0.15) is 0 Å². The van der Waals surface area contributed by atoms with Crippen LogP contribution in [0.3, 0.4) is 0 Å². The van der Waals surface area contributed by atoms with E-state index in [0.29, 0.717) is 36.8 Å². The molecule has 6 heteroatoms. The zero-order chi connectivity index (χ0) is 19.7. The lowest BCUT2D eigenvalue weighted by Gasteiger charge is -2.16. The molecular weight excluding hydrogens is 362 g/mol. The van der Waals surface area contributed by atoms with E-state index in [4.69, 9.17) is 9.47 Å². The predicted octanol–water partition coefficient (Wildman–Crippen LogP) is 3.72. The van der Waals surface area contributed by atoms with E-state index >= 15 is 0 Å². The van der Waals surface area contributed by atoms with Crippen LogP contribution in [0.15, 0.2) is 48.7 Å². The molecule has 0 bridgehead atoms. The van der Waals surface area contributed by atoms with Gasteiger partial charge in [0.05, 0.1) is 30.2 Å². The van der Waals surface area contributed by atoms with Crippen molar-refractivity contribution in [3.05, 3.63) is 77.1 Å². The molecule has 0 saturated heterocycles. The number of ether oxygens (including phenoxy) is 2. The third kappa shape index (κ3) is 3.14. The minimum absolute atomic E-state index is 0.336. The highest BCUT2D eigenvalue weighted by atomic mass is 19.2. The van der Waals surface area contributed by atoms with Gasteiger partial charge in [-0.25, -0.2) is 8.78 Å². The average molecular weight is 385 g/mol. The van der Waals surface area contributed by atoms with Gasteiger partial charge < -0.3 is 19.4 Å². The largest absolute Gasteiger partial charge is 0.490 e. The molecule has 0 aliphatic carbocycles. The lowest BCUT2D eigenvalue weighted by atomic mass is 10.0. The zero-order valence-corrected chi connectivity index (χ0v) is 15.9. The van der Waals surface area contributed by atoms with Crippen LogP contribution < -0.4 is 14.8 Å². The van der Waals surface area contributed by atoms with Crippen LogP contribution >= 0.6 is 0 Å². The molecule has 0 amide bonds. The van der Waals surface area contributed by atoms with E-state index in [9.17, 15) is 8.78 Å². The highest BCUT2D eigenvalue weighted by Crippen LogP contribution is 2.36. The van der Waals surface area contributed by atoms with E-state index in [1.54, 1.807) is 12.1 Å². The first kappa shape index (κ1) is 18.5. The molecule has 4 rings (SSSR count). The van der Waals surface area contributed by atoms with Crippen LogP contribution in [0.25, 0.3) is 5.69 Å². The molecule has 3 aromatic rings. The van der Waals surface area contributed by atoms with E-state index in [1.807, 2.05) is 54.2 Å². The van der Waals surface area contributed by atoms with Crippen molar-refractivity contribution >= 4 is 0 Å². The van der Waals surface area contributed by atoms with Crippen LogP contribution in [-0.2, 0) is 6.54 Å². The topological polar surface area (TPSA) is 40.0 Å². The number of hydrogen-bond donors (Lipinski definition) is 1. The van der Waals surface area contributed by atoms with Crippen LogP contribution in [0.4, 0.5) is 8.78 Å². The molecule has 1 atom stereocenters. The van der Waals surface area contributed by atoms with Crippen LogP contribution in [0.1, 0.15) is 36.7 Å². The minimum Gasteiger partial charge on any atom is -0.490 e. The number of aromatic nitrogens is 1. The van der Waals surface area contributed by atoms with Crippen molar-refractivity contribution in [3.63, 3.8) is 0 Å². The highest BCUT2D eigenvalue weighted by Gasteiger charge is 2.30. The third-order valence-corrected chi connectivity index (χ3v) is 4.99. The summed E-state index contributed by atoms with van der Waals surface area (Å²) in [4.78, 5) is 0. The first-order chi connectivity index (χ1) is 13.6. The zero-order valence-electron chi connectivity index (χ0n) is 15.9. The average Bonchev–Trinajstić information content (AvgIpc) is 3.11. The van der Waals surface area contributed by atoms with Crippen molar-refractivity contribution in [1.82, 2.24) is 4.57 Å². The maximum atomic E-state index is 14.5. The number of nitrogens with two attached hydrogens (primary N) is 1. The maximum Gasteiger partial charge on any atom is 0.168 e. The maximum absolute atomic E-state index is 14.5. The summed E-state index contributed by atoms with van der Waals surface area (Å²) in [6.45, 7) is 5.53. The molecule has 1 aliphatic rings. The van der Waals surface area contributed by atoms with Crippen molar-refractivity contribution in [3.8, 4) is 17.2 Å². The number of fused-ring (bicyclic) bond motifs is 3. The van der Waals surface area contributed by atoms with Crippen LogP contribution in [0.2, 0.25) is 0 Å². The lowest BCUT2D eigenvalue weighted by Crippen LogP contribution is -2.83. The molecule has 146 valence electrons. The highest BCUT2D eigenvalue weighted by molar-refractivity contribution is 5.56. The molecule has 2 heterocycles. The molecule has 0 fully saturated rings. The van der Waals surface area contributed by atoms with E-state index in [1.165, 1.54) is 0 Å².